The molecule has 17 heavy (non-hydrogen) atoms. The van der Waals surface area contributed by atoms with Crippen molar-refractivity contribution in [1.29, 1.82) is 0 Å². The molecular formula is C14H13NO2. The second kappa shape index (κ2) is 4.70. The van der Waals surface area contributed by atoms with Gasteiger partial charge in [0.2, 0.25) is 0 Å². The van der Waals surface area contributed by atoms with E-state index in [9.17, 15) is 4.79 Å². The van der Waals surface area contributed by atoms with Crippen LogP contribution in [0.3, 0.4) is 0 Å². The van der Waals surface area contributed by atoms with Crippen LogP contribution in [0.5, 0.6) is 11.5 Å². The van der Waals surface area contributed by atoms with E-state index < -0.39 is 0 Å². The molecule has 3 heteroatoms. The molecule has 0 spiro atoms. The molecule has 0 aliphatic rings. The molecule has 0 saturated carbocycles. The standard InChI is InChI=1S/C14H13NO2/c1-10(16)11-3-2-4-14(9-11)17-13-7-5-12(15)6-8-13/h2-9H,15H2,1H3. The molecule has 0 fully saturated rings. The average Bonchev–Trinajstić information content (AvgIpc) is 2.32. The zero-order valence-electron chi connectivity index (χ0n) is 9.51. The number of anilines is 1. The topological polar surface area (TPSA) is 52.3 Å². The summed E-state index contributed by atoms with van der Waals surface area (Å²) in [5.74, 6) is 1.36. The van der Waals surface area contributed by atoms with Crippen molar-refractivity contribution in [3.63, 3.8) is 0 Å². The van der Waals surface area contributed by atoms with Crippen LogP contribution < -0.4 is 10.5 Å². The molecule has 2 rings (SSSR count). The van der Waals surface area contributed by atoms with Crippen LogP contribution in [0.1, 0.15) is 17.3 Å². The molecule has 86 valence electrons. The number of nitrogen functional groups attached to an aromatic ring is 1. The summed E-state index contributed by atoms with van der Waals surface area (Å²) in [4.78, 5) is 11.2. The lowest BCUT2D eigenvalue weighted by molar-refractivity contribution is 0.101. The Balaban J connectivity index is 2.21. The van der Waals surface area contributed by atoms with Gasteiger partial charge in [0.05, 0.1) is 0 Å². The Morgan fingerprint density at radius 1 is 1.06 bits per heavy atom. The normalized spacial score (nSPS) is 9.94. The van der Waals surface area contributed by atoms with Crippen LogP contribution in [-0.2, 0) is 0 Å². The van der Waals surface area contributed by atoms with Crippen LogP contribution in [0, 0.1) is 0 Å². The average molecular weight is 227 g/mol. The highest BCUT2D eigenvalue weighted by Crippen LogP contribution is 2.23. The summed E-state index contributed by atoms with van der Waals surface area (Å²) in [6.07, 6.45) is 0. The first-order valence-corrected chi connectivity index (χ1v) is 5.29. The van der Waals surface area contributed by atoms with Crippen molar-refractivity contribution in [2.24, 2.45) is 0 Å². The fourth-order valence-electron chi connectivity index (χ4n) is 1.45. The highest BCUT2D eigenvalue weighted by Gasteiger charge is 2.02. The van der Waals surface area contributed by atoms with Crippen molar-refractivity contribution >= 4 is 11.5 Å². The van der Waals surface area contributed by atoms with Gasteiger partial charge in [-0.05, 0) is 43.3 Å². The highest BCUT2D eigenvalue weighted by atomic mass is 16.5. The maximum absolute atomic E-state index is 11.2. The molecule has 2 aromatic carbocycles. The third kappa shape index (κ3) is 2.84. The molecular weight excluding hydrogens is 214 g/mol. The van der Waals surface area contributed by atoms with Gasteiger partial charge in [-0.3, -0.25) is 4.79 Å². The van der Waals surface area contributed by atoms with Crippen LogP contribution in [-0.4, -0.2) is 5.78 Å². The van der Waals surface area contributed by atoms with E-state index >= 15 is 0 Å². The predicted octanol–water partition coefficient (Wildman–Crippen LogP) is 3.26. The van der Waals surface area contributed by atoms with Crippen LogP contribution in [0.4, 0.5) is 5.69 Å². The summed E-state index contributed by atoms with van der Waals surface area (Å²) >= 11 is 0. The number of carbonyl (C=O) groups is 1. The fraction of sp³-hybridized carbons (Fsp3) is 0.0714. The molecule has 0 atom stereocenters. The number of hydrogen-bond donors (Lipinski definition) is 1. The van der Waals surface area contributed by atoms with Crippen molar-refractivity contribution in [1.82, 2.24) is 0 Å². The van der Waals surface area contributed by atoms with Crippen molar-refractivity contribution < 1.29 is 9.53 Å². The lowest BCUT2D eigenvalue weighted by Gasteiger charge is -2.06. The minimum atomic E-state index is 0.0211. The summed E-state index contributed by atoms with van der Waals surface area (Å²) in [6, 6.07) is 14.2. The first-order chi connectivity index (χ1) is 8.15. The zero-order valence-corrected chi connectivity index (χ0v) is 9.51. The smallest absolute Gasteiger partial charge is 0.159 e. The zero-order chi connectivity index (χ0) is 12.3. The number of nitrogens with two attached hydrogens (primary N) is 1. The Labute approximate surface area is 99.8 Å². The summed E-state index contributed by atoms with van der Waals surface area (Å²) in [6.45, 7) is 1.53. The van der Waals surface area contributed by atoms with Gasteiger partial charge in [-0.15, -0.1) is 0 Å². The first-order valence-electron chi connectivity index (χ1n) is 5.29. The third-order valence-corrected chi connectivity index (χ3v) is 2.36. The number of hydrogen-bond acceptors (Lipinski definition) is 3. The summed E-state index contributed by atoms with van der Waals surface area (Å²) < 4.78 is 5.62. The largest absolute Gasteiger partial charge is 0.457 e. The van der Waals surface area contributed by atoms with Crippen LogP contribution in [0.2, 0.25) is 0 Å². The number of benzene rings is 2. The molecule has 3 nitrogen and oxygen atoms in total. The predicted molar refractivity (Wildman–Crippen MR) is 67.4 cm³/mol. The molecule has 2 N–H and O–H groups in total. The van der Waals surface area contributed by atoms with E-state index in [-0.39, 0.29) is 5.78 Å². The fourth-order valence-corrected chi connectivity index (χ4v) is 1.45. The van der Waals surface area contributed by atoms with E-state index in [1.165, 1.54) is 6.92 Å². The maximum atomic E-state index is 11.2. The van der Waals surface area contributed by atoms with Gasteiger partial charge in [0.25, 0.3) is 0 Å². The van der Waals surface area contributed by atoms with Gasteiger partial charge in [-0.1, -0.05) is 12.1 Å². The third-order valence-electron chi connectivity index (χ3n) is 2.36. The van der Waals surface area contributed by atoms with Crippen molar-refractivity contribution in [3.05, 3.63) is 54.1 Å². The number of carbonyl (C=O) groups excluding carboxylic acids is 1. The maximum Gasteiger partial charge on any atom is 0.159 e. The van der Waals surface area contributed by atoms with E-state index in [0.717, 1.165) is 0 Å². The van der Waals surface area contributed by atoms with E-state index in [2.05, 4.69) is 0 Å². The Morgan fingerprint density at radius 2 is 1.76 bits per heavy atom. The molecule has 0 aliphatic carbocycles. The SMILES string of the molecule is CC(=O)c1cccc(Oc2ccc(N)cc2)c1. The molecule has 0 saturated heterocycles. The van der Waals surface area contributed by atoms with Gasteiger partial charge in [-0.25, -0.2) is 0 Å². The number of ketones is 1. The Morgan fingerprint density at radius 3 is 2.41 bits per heavy atom. The molecule has 0 aromatic heterocycles. The molecule has 0 heterocycles. The van der Waals surface area contributed by atoms with Crippen LogP contribution >= 0.6 is 0 Å². The lowest BCUT2D eigenvalue weighted by atomic mass is 10.1. The van der Waals surface area contributed by atoms with Crippen molar-refractivity contribution in [2.75, 3.05) is 5.73 Å². The van der Waals surface area contributed by atoms with E-state index in [4.69, 9.17) is 10.5 Å². The minimum absolute atomic E-state index is 0.0211. The Bertz CT molecular complexity index is 532. The Hall–Kier alpha value is -2.29. The summed E-state index contributed by atoms with van der Waals surface area (Å²) in [5.41, 5.74) is 6.91. The lowest BCUT2D eigenvalue weighted by Crippen LogP contribution is -1.92. The molecule has 0 unspecified atom stereocenters. The van der Waals surface area contributed by atoms with E-state index in [0.29, 0.717) is 22.7 Å². The van der Waals surface area contributed by atoms with Crippen molar-refractivity contribution in [3.8, 4) is 11.5 Å². The minimum Gasteiger partial charge on any atom is -0.457 e. The molecule has 0 bridgehead atoms. The molecule has 0 radical (unpaired) electrons. The van der Waals surface area contributed by atoms with Crippen molar-refractivity contribution in [2.45, 2.75) is 6.92 Å². The number of ether oxygens (including phenoxy) is 1. The summed E-state index contributed by atoms with van der Waals surface area (Å²) in [7, 11) is 0. The van der Waals surface area contributed by atoms with Gasteiger partial charge in [0, 0.05) is 11.3 Å². The molecule has 2 aromatic rings. The highest BCUT2D eigenvalue weighted by molar-refractivity contribution is 5.94. The van der Waals surface area contributed by atoms with Gasteiger partial charge >= 0.3 is 0 Å². The second-order valence-corrected chi connectivity index (χ2v) is 3.76. The first kappa shape index (κ1) is 11.2. The van der Waals surface area contributed by atoms with Gasteiger partial charge in [0.1, 0.15) is 11.5 Å². The van der Waals surface area contributed by atoms with Crippen LogP contribution in [0.15, 0.2) is 48.5 Å². The quantitative estimate of drug-likeness (QED) is 0.646. The van der Waals surface area contributed by atoms with Crippen LogP contribution in [0.25, 0.3) is 0 Å². The summed E-state index contributed by atoms with van der Waals surface area (Å²) in [5, 5.41) is 0. The van der Waals surface area contributed by atoms with Gasteiger partial charge in [-0.2, -0.15) is 0 Å². The Kier molecular flexibility index (Phi) is 3.10. The van der Waals surface area contributed by atoms with E-state index in [1.807, 2.05) is 6.07 Å². The van der Waals surface area contributed by atoms with Gasteiger partial charge < -0.3 is 10.5 Å². The molecule has 0 aliphatic heterocycles. The second-order valence-electron chi connectivity index (χ2n) is 3.76. The van der Waals surface area contributed by atoms with Gasteiger partial charge in [0.15, 0.2) is 5.78 Å². The van der Waals surface area contributed by atoms with E-state index in [1.54, 1.807) is 42.5 Å². The number of Topliss-reactive ketones (excluding diaryl/α,β-unsaturated/α-hetero) is 1. The number of rotatable bonds is 3. The monoisotopic (exact) mass is 227 g/mol. The molecule has 0 amide bonds.